The lowest BCUT2D eigenvalue weighted by Gasteiger charge is -2.25. The maximum Gasteiger partial charge on any atom is 0.414 e. The number of nitrogens with zero attached hydrogens (tertiary/aromatic N) is 4. The average Bonchev–Trinajstić information content (AvgIpc) is 3.63. The molecule has 4 aromatic carbocycles. The van der Waals surface area contributed by atoms with Crippen molar-refractivity contribution >= 4 is 34.9 Å². The normalized spacial score (nSPS) is 16.6. The molecule has 0 bridgehead atoms. The molecule has 6 rings (SSSR count). The third-order valence-corrected chi connectivity index (χ3v) is 7.55. The summed E-state index contributed by atoms with van der Waals surface area (Å²) < 4.78 is 10.7. The van der Waals surface area contributed by atoms with Gasteiger partial charge in [-0.1, -0.05) is 75.5 Å². The molecule has 4 aromatic rings. The second-order valence-corrected chi connectivity index (χ2v) is 11.0. The largest absolute Gasteiger partial charge is 0.443 e. The highest BCUT2D eigenvalue weighted by Gasteiger charge is 2.34. The highest BCUT2D eigenvalue weighted by atomic mass is 16.6. The van der Waals surface area contributed by atoms with E-state index in [1.807, 2.05) is 36.4 Å². The maximum atomic E-state index is 12.5. The van der Waals surface area contributed by atoms with Crippen LogP contribution in [0.25, 0.3) is 0 Å². The Labute approximate surface area is 283 Å². The van der Waals surface area contributed by atoms with Crippen molar-refractivity contribution in [2.75, 3.05) is 41.7 Å². The summed E-state index contributed by atoms with van der Waals surface area (Å²) in [5.74, 6) is 0. The molecule has 2 amide bonds. The number of carbonyl (C=O) groups excluding carboxylic acids is 2. The number of non-ortho nitro benzene ring substituents is 1. The molecule has 4 N–H and O–H groups in total. The summed E-state index contributed by atoms with van der Waals surface area (Å²) in [5, 5.41) is 10.9. The molecule has 0 spiro atoms. The summed E-state index contributed by atoms with van der Waals surface area (Å²) in [5.41, 5.74) is 15.4. The SMILES string of the molecule is C.C.NC[C@@H]1CN(c2ccc(N)cc2)C(=O)O1.O=C1O[C@H](CN(Cc2ccccc2)Cc2ccccc2)CN1c1ccc([N+](=O)[O-])cc1.[HH]. The molecule has 2 fully saturated rings. The monoisotopic (exact) mass is 658 g/mol. The van der Waals surface area contributed by atoms with Gasteiger partial charge in [0, 0.05) is 56.8 Å². The highest BCUT2D eigenvalue weighted by molar-refractivity contribution is 5.90. The van der Waals surface area contributed by atoms with Crippen molar-refractivity contribution in [1.29, 1.82) is 0 Å². The van der Waals surface area contributed by atoms with Crippen molar-refractivity contribution in [1.82, 2.24) is 4.90 Å². The molecule has 0 unspecified atom stereocenters. The first-order valence-electron chi connectivity index (χ1n) is 14.9. The molecule has 2 atom stereocenters. The Kier molecular flexibility index (Phi) is 13.5. The van der Waals surface area contributed by atoms with E-state index in [0.717, 1.165) is 18.8 Å². The number of hydrogen-bond acceptors (Lipinski definition) is 9. The number of benzene rings is 4. The first-order valence-corrected chi connectivity index (χ1v) is 14.9. The van der Waals surface area contributed by atoms with Crippen molar-refractivity contribution in [3.63, 3.8) is 0 Å². The number of nitro groups is 1. The Morgan fingerprint density at radius 2 is 1.17 bits per heavy atom. The third-order valence-electron chi connectivity index (χ3n) is 7.55. The Balaban J connectivity index is 0.000000393. The molecule has 2 heterocycles. The van der Waals surface area contributed by atoms with Crippen LogP contribution in [-0.4, -0.2) is 60.4 Å². The zero-order valence-corrected chi connectivity index (χ0v) is 25.2. The van der Waals surface area contributed by atoms with E-state index in [2.05, 4.69) is 29.2 Å². The van der Waals surface area contributed by atoms with Crippen LogP contribution >= 0.6 is 0 Å². The van der Waals surface area contributed by atoms with Crippen LogP contribution in [0.15, 0.2) is 109 Å². The molecular weight excluding hydrogens is 612 g/mol. The number of nitrogen functional groups attached to an aromatic ring is 1. The lowest BCUT2D eigenvalue weighted by atomic mass is 10.1. The van der Waals surface area contributed by atoms with E-state index in [9.17, 15) is 19.7 Å². The molecule has 0 aliphatic carbocycles. The number of cyclic esters (lactones) is 2. The smallest absolute Gasteiger partial charge is 0.414 e. The number of nitrogens with two attached hydrogens (primary N) is 2. The van der Waals surface area contributed by atoms with Gasteiger partial charge in [-0.05, 0) is 47.5 Å². The molecule has 256 valence electrons. The molecule has 12 heteroatoms. The minimum absolute atomic E-state index is 0. The lowest BCUT2D eigenvalue weighted by molar-refractivity contribution is -0.384. The summed E-state index contributed by atoms with van der Waals surface area (Å²) in [6.45, 7) is 3.30. The quantitative estimate of drug-likeness (QED) is 0.108. The molecule has 2 aliphatic heterocycles. The summed E-state index contributed by atoms with van der Waals surface area (Å²) in [7, 11) is 0. The Bertz CT molecular complexity index is 1570. The van der Waals surface area contributed by atoms with E-state index < -0.39 is 11.0 Å². The zero-order valence-electron chi connectivity index (χ0n) is 25.2. The van der Waals surface area contributed by atoms with Crippen LogP contribution in [0.5, 0.6) is 0 Å². The van der Waals surface area contributed by atoms with Gasteiger partial charge in [0.1, 0.15) is 12.2 Å². The standard InChI is InChI=1S/C24H23N3O4.C10H13N3O2.2CH4.H2/c28-24-26(21-11-13-22(14-12-21)27(29)30)18-23(31-24)17-25(15-19-7-3-1-4-8-19)16-20-9-5-2-6-10-20;11-5-9-6-13(10(14)15-9)8-3-1-7(12)2-4-8;;;/h1-14,23H,15-18H2;1-4,9H,5-6,11-12H2;2*1H4;1H/t23-;9-;;;/m11.../s1. The van der Waals surface area contributed by atoms with E-state index in [4.69, 9.17) is 20.9 Å². The topological polar surface area (TPSA) is 158 Å². The number of carbonyl (C=O) groups is 2. The Morgan fingerprint density at radius 3 is 1.60 bits per heavy atom. The lowest BCUT2D eigenvalue weighted by Crippen LogP contribution is -2.34. The molecule has 0 radical (unpaired) electrons. The van der Waals surface area contributed by atoms with Gasteiger partial charge in [-0.3, -0.25) is 24.8 Å². The summed E-state index contributed by atoms with van der Waals surface area (Å²) in [6, 6.07) is 33.4. The second-order valence-electron chi connectivity index (χ2n) is 11.0. The van der Waals surface area contributed by atoms with Crippen LogP contribution in [0.4, 0.5) is 32.3 Å². The van der Waals surface area contributed by atoms with Gasteiger partial charge in [0.15, 0.2) is 0 Å². The number of amides is 2. The van der Waals surface area contributed by atoms with Crippen molar-refractivity contribution in [2.45, 2.75) is 40.2 Å². The summed E-state index contributed by atoms with van der Waals surface area (Å²) in [6.07, 6.45) is -1.29. The van der Waals surface area contributed by atoms with Crippen LogP contribution in [0.1, 0.15) is 27.4 Å². The average molecular weight is 659 g/mol. The van der Waals surface area contributed by atoms with Crippen molar-refractivity contribution < 1.29 is 25.4 Å². The Hall–Kier alpha value is -5.46. The van der Waals surface area contributed by atoms with E-state index in [-0.39, 0.29) is 40.3 Å². The van der Waals surface area contributed by atoms with Gasteiger partial charge >= 0.3 is 12.2 Å². The number of nitro benzene ring substituents is 1. The number of anilines is 3. The van der Waals surface area contributed by atoms with Gasteiger partial charge in [0.25, 0.3) is 5.69 Å². The van der Waals surface area contributed by atoms with E-state index in [1.54, 1.807) is 41.3 Å². The predicted octanol–water partition coefficient (Wildman–Crippen LogP) is 6.69. The minimum Gasteiger partial charge on any atom is -0.443 e. The first kappa shape index (κ1) is 37.0. The molecule has 0 aromatic heterocycles. The van der Waals surface area contributed by atoms with Gasteiger partial charge < -0.3 is 20.9 Å². The molecule has 0 saturated carbocycles. The minimum atomic E-state index is -0.458. The van der Waals surface area contributed by atoms with Crippen LogP contribution in [0, 0.1) is 10.1 Å². The van der Waals surface area contributed by atoms with Crippen molar-refractivity contribution in [3.05, 3.63) is 130 Å². The van der Waals surface area contributed by atoms with Gasteiger partial charge in [0.2, 0.25) is 0 Å². The third kappa shape index (κ3) is 9.77. The summed E-state index contributed by atoms with van der Waals surface area (Å²) in [4.78, 5) is 39.7. The fourth-order valence-electron chi connectivity index (χ4n) is 5.25. The Morgan fingerprint density at radius 1 is 0.729 bits per heavy atom. The van der Waals surface area contributed by atoms with Gasteiger partial charge in [-0.2, -0.15) is 0 Å². The van der Waals surface area contributed by atoms with Gasteiger partial charge in [-0.15, -0.1) is 0 Å². The molecule has 2 aliphatic rings. The summed E-state index contributed by atoms with van der Waals surface area (Å²) >= 11 is 0. The second kappa shape index (κ2) is 17.5. The van der Waals surface area contributed by atoms with Crippen LogP contribution in [-0.2, 0) is 22.6 Å². The fraction of sp³-hybridized carbons (Fsp3) is 0.278. The van der Waals surface area contributed by atoms with Crippen molar-refractivity contribution in [3.8, 4) is 0 Å². The molecule has 2 saturated heterocycles. The molecule has 12 nitrogen and oxygen atoms in total. The van der Waals surface area contributed by atoms with E-state index in [1.165, 1.54) is 28.2 Å². The number of ether oxygens (including phenoxy) is 2. The molecule has 48 heavy (non-hydrogen) atoms. The van der Waals surface area contributed by atoms with Crippen LogP contribution in [0.2, 0.25) is 0 Å². The highest BCUT2D eigenvalue weighted by Crippen LogP contribution is 2.25. The van der Waals surface area contributed by atoms with Crippen LogP contribution < -0.4 is 21.3 Å². The number of rotatable bonds is 10. The van der Waals surface area contributed by atoms with Gasteiger partial charge in [0.05, 0.1) is 18.0 Å². The number of hydrogen-bond donors (Lipinski definition) is 2. The molecular formula is C36H46N6O6. The van der Waals surface area contributed by atoms with E-state index in [0.29, 0.717) is 37.6 Å². The van der Waals surface area contributed by atoms with E-state index >= 15 is 0 Å². The zero-order chi connectivity index (χ0) is 32.5. The predicted molar refractivity (Wildman–Crippen MR) is 191 cm³/mol. The van der Waals surface area contributed by atoms with Crippen molar-refractivity contribution in [2.24, 2.45) is 5.73 Å². The fourth-order valence-corrected chi connectivity index (χ4v) is 5.25. The van der Waals surface area contributed by atoms with Gasteiger partial charge in [-0.25, -0.2) is 9.59 Å². The first-order chi connectivity index (χ1) is 22.3. The van der Waals surface area contributed by atoms with Crippen LogP contribution in [0.3, 0.4) is 0 Å². The maximum absolute atomic E-state index is 12.5.